The van der Waals surface area contributed by atoms with Gasteiger partial charge in [-0.3, -0.25) is 0 Å². The molecule has 0 spiro atoms. The molecule has 3 atom stereocenters. The number of ether oxygens (including phenoxy) is 1. The van der Waals surface area contributed by atoms with E-state index in [1.54, 1.807) is 7.11 Å². The number of hydrogen-bond acceptors (Lipinski definition) is 4. The first-order valence-electron chi connectivity index (χ1n) is 6.73. The van der Waals surface area contributed by atoms with Gasteiger partial charge in [-0.2, -0.15) is 0 Å². The Labute approximate surface area is 105 Å². The van der Waals surface area contributed by atoms with Gasteiger partial charge in [-0.15, -0.1) is 0 Å². The minimum atomic E-state index is -0.0779. The molecule has 0 aliphatic heterocycles. The standard InChI is InChI=1S/C13H28N2O2/c1-13(10-14,7-8-17-2)15-12-6-4-3-5-11(12)9-16/h11-12,15-16H,3-10,14H2,1-2H3. The monoisotopic (exact) mass is 244 g/mol. The molecule has 1 saturated carbocycles. The maximum Gasteiger partial charge on any atom is 0.0480 e. The van der Waals surface area contributed by atoms with E-state index in [0.29, 0.717) is 18.5 Å². The molecule has 1 aliphatic carbocycles. The van der Waals surface area contributed by atoms with Crippen molar-refractivity contribution in [1.82, 2.24) is 5.32 Å². The minimum Gasteiger partial charge on any atom is -0.396 e. The zero-order valence-electron chi connectivity index (χ0n) is 11.2. The smallest absolute Gasteiger partial charge is 0.0480 e. The molecule has 0 radical (unpaired) electrons. The number of rotatable bonds is 7. The highest BCUT2D eigenvalue weighted by molar-refractivity contribution is 4.91. The Kier molecular flexibility index (Phi) is 6.41. The Balaban J connectivity index is 2.52. The van der Waals surface area contributed by atoms with Gasteiger partial charge in [-0.05, 0) is 32.1 Å². The molecule has 0 aromatic heterocycles. The second-order valence-electron chi connectivity index (χ2n) is 5.49. The molecule has 3 unspecified atom stereocenters. The van der Waals surface area contributed by atoms with Crippen molar-refractivity contribution in [2.75, 3.05) is 26.9 Å². The Bertz CT molecular complexity index is 214. The molecule has 17 heavy (non-hydrogen) atoms. The third-order valence-corrected chi connectivity index (χ3v) is 3.99. The first-order chi connectivity index (χ1) is 8.15. The van der Waals surface area contributed by atoms with Crippen LogP contribution in [0, 0.1) is 5.92 Å². The van der Waals surface area contributed by atoms with Gasteiger partial charge in [0.2, 0.25) is 0 Å². The lowest BCUT2D eigenvalue weighted by Crippen LogP contribution is -2.56. The van der Waals surface area contributed by atoms with E-state index in [4.69, 9.17) is 10.5 Å². The predicted molar refractivity (Wildman–Crippen MR) is 69.9 cm³/mol. The Hall–Kier alpha value is -0.160. The molecule has 0 aromatic carbocycles. The van der Waals surface area contributed by atoms with Crippen molar-refractivity contribution in [2.24, 2.45) is 11.7 Å². The second kappa shape index (κ2) is 7.31. The highest BCUT2D eigenvalue weighted by Crippen LogP contribution is 2.26. The maximum atomic E-state index is 9.41. The first kappa shape index (κ1) is 14.9. The van der Waals surface area contributed by atoms with Gasteiger partial charge in [0, 0.05) is 38.4 Å². The van der Waals surface area contributed by atoms with Crippen LogP contribution in [-0.4, -0.2) is 43.6 Å². The Morgan fingerprint density at radius 2 is 2.12 bits per heavy atom. The van der Waals surface area contributed by atoms with E-state index in [1.807, 2.05) is 0 Å². The molecular formula is C13H28N2O2. The average molecular weight is 244 g/mol. The second-order valence-corrected chi connectivity index (χ2v) is 5.49. The summed E-state index contributed by atoms with van der Waals surface area (Å²) in [6.45, 7) is 3.75. The topological polar surface area (TPSA) is 67.5 Å². The summed E-state index contributed by atoms with van der Waals surface area (Å²) < 4.78 is 5.14. The van der Waals surface area contributed by atoms with Crippen LogP contribution in [-0.2, 0) is 4.74 Å². The van der Waals surface area contributed by atoms with Gasteiger partial charge in [-0.25, -0.2) is 0 Å². The molecular weight excluding hydrogens is 216 g/mol. The largest absolute Gasteiger partial charge is 0.396 e. The number of methoxy groups -OCH3 is 1. The molecule has 1 rings (SSSR count). The summed E-state index contributed by atoms with van der Waals surface area (Å²) in [7, 11) is 1.72. The first-order valence-corrected chi connectivity index (χ1v) is 6.73. The fraction of sp³-hybridized carbons (Fsp3) is 1.00. The van der Waals surface area contributed by atoms with Crippen LogP contribution < -0.4 is 11.1 Å². The third kappa shape index (κ3) is 4.54. The fourth-order valence-corrected chi connectivity index (χ4v) is 2.62. The fourth-order valence-electron chi connectivity index (χ4n) is 2.62. The lowest BCUT2D eigenvalue weighted by Gasteiger charge is -2.39. The van der Waals surface area contributed by atoms with Gasteiger partial charge in [0.15, 0.2) is 0 Å². The van der Waals surface area contributed by atoms with Crippen molar-refractivity contribution >= 4 is 0 Å². The van der Waals surface area contributed by atoms with Crippen LogP contribution in [0.2, 0.25) is 0 Å². The molecule has 0 bridgehead atoms. The van der Waals surface area contributed by atoms with E-state index >= 15 is 0 Å². The molecule has 1 aliphatic rings. The van der Waals surface area contributed by atoms with Gasteiger partial charge in [0.05, 0.1) is 0 Å². The molecule has 0 saturated heterocycles. The number of aliphatic hydroxyl groups excluding tert-OH is 1. The number of nitrogens with one attached hydrogen (secondary N) is 1. The van der Waals surface area contributed by atoms with Crippen molar-refractivity contribution in [3.05, 3.63) is 0 Å². The quantitative estimate of drug-likeness (QED) is 0.622. The molecule has 0 heterocycles. The maximum absolute atomic E-state index is 9.41. The molecule has 1 fully saturated rings. The van der Waals surface area contributed by atoms with Crippen molar-refractivity contribution in [3.8, 4) is 0 Å². The number of hydrogen-bond donors (Lipinski definition) is 3. The summed E-state index contributed by atoms with van der Waals surface area (Å²) in [6.07, 6.45) is 5.67. The molecule has 4 heteroatoms. The normalized spacial score (nSPS) is 28.9. The Morgan fingerprint density at radius 1 is 1.41 bits per heavy atom. The zero-order valence-corrected chi connectivity index (χ0v) is 11.2. The summed E-state index contributed by atoms with van der Waals surface area (Å²) in [5.74, 6) is 0.386. The van der Waals surface area contributed by atoms with E-state index in [0.717, 1.165) is 25.9 Å². The lowest BCUT2D eigenvalue weighted by atomic mass is 9.83. The van der Waals surface area contributed by atoms with Crippen molar-refractivity contribution in [1.29, 1.82) is 0 Å². The van der Waals surface area contributed by atoms with Crippen LogP contribution in [0.15, 0.2) is 0 Å². The predicted octanol–water partition coefficient (Wildman–Crippen LogP) is 0.881. The van der Waals surface area contributed by atoms with Crippen molar-refractivity contribution in [2.45, 2.75) is 50.6 Å². The molecule has 4 nitrogen and oxygen atoms in total. The van der Waals surface area contributed by atoms with Crippen LogP contribution >= 0.6 is 0 Å². The lowest BCUT2D eigenvalue weighted by molar-refractivity contribution is 0.112. The van der Waals surface area contributed by atoms with E-state index in [9.17, 15) is 5.11 Å². The highest BCUT2D eigenvalue weighted by atomic mass is 16.5. The van der Waals surface area contributed by atoms with Gasteiger partial charge in [0.1, 0.15) is 0 Å². The zero-order chi connectivity index (χ0) is 12.7. The summed E-state index contributed by atoms with van der Waals surface area (Å²) in [6, 6.07) is 0.402. The SMILES string of the molecule is COCCC(C)(CN)NC1CCCCC1CO. The van der Waals surface area contributed by atoms with Gasteiger partial charge in [0.25, 0.3) is 0 Å². The summed E-state index contributed by atoms with van der Waals surface area (Å²) in [5.41, 5.74) is 5.79. The van der Waals surface area contributed by atoms with E-state index < -0.39 is 0 Å². The van der Waals surface area contributed by atoms with Crippen molar-refractivity contribution < 1.29 is 9.84 Å². The average Bonchev–Trinajstić information content (AvgIpc) is 2.37. The van der Waals surface area contributed by atoms with Gasteiger partial charge in [-0.1, -0.05) is 12.8 Å². The third-order valence-electron chi connectivity index (χ3n) is 3.99. The van der Waals surface area contributed by atoms with Crippen LogP contribution in [0.1, 0.15) is 39.0 Å². The summed E-state index contributed by atoms with van der Waals surface area (Å²) in [4.78, 5) is 0. The van der Waals surface area contributed by atoms with Crippen LogP contribution in [0.5, 0.6) is 0 Å². The van der Waals surface area contributed by atoms with Crippen LogP contribution in [0.4, 0.5) is 0 Å². The highest BCUT2D eigenvalue weighted by Gasteiger charge is 2.31. The van der Waals surface area contributed by atoms with Crippen LogP contribution in [0.3, 0.4) is 0 Å². The number of aliphatic hydroxyl groups is 1. The van der Waals surface area contributed by atoms with E-state index in [2.05, 4.69) is 12.2 Å². The molecule has 102 valence electrons. The van der Waals surface area contributed by atoms with Gasteiger partial charge < -0.3 is 20.9 Å². The minimum absolute atomic E-state index is 0.0779. The summed E-state index contributed by atoms with van der Waals surface area (Å²) >= 11 is 0. The Morgan fingerprint density at radius 3 is 2.71 bits per heavy atom. The number of nitrogens with two attached hydrogens (primary N) is 1. The van der Waals surface area contributed by atoms with Gasteiger partial charge >= 0.3 is 0 Å². The van der Waals surface area contributed by atoms with E-state index in [1.165, 1.54) is 12.8 Å². The summed E-state index contributed by atoms with van der Waals surface area (Å²) in [5, 5.41) is 13.1. The molecule has 4 N–H and O–H groups in total. The molecule has 0 amide bonds. The van der Waals surface area contributed by atoms with Crippen LogP contribution in [0.25, 0.3) is 0 Å². The molecule has 0 aromatic rings. The van der Waals surface area contributed by atoms with Crippen molar-refractivity contribution in [3.63, 3.8) is 0 Å². The van der Waals surface area contributed by atoms with E-state index in [-0.39, 0.29) is 12.1 Å².